The second-order valence-corrected chi connectivity index (χ2v) is 5.59. The number of rotatable bonds is 5. The number of hydrogen-bond donors (Lipinski definition) is 0. The van der Waals surface area contributed by atoms with Crippen molar-refractivity contribution in [1.82, 2.24) is 0 Å². The Hall–Kier alpha value is -1.32. The third-order valence-electron chi connectivity index (χ3n) is 2.77. The van der Waals surface area contributed by atoms with E-state index in [1.165, 1.54) is 0 Å². The molecule has 0 saturated carbocycles. The molecule has 0 amide bonds. The number of carbonyl (C=O) groups is 1. The first-order valence-corrected chi connectivity index (χ1v) is 7.52. The molecule has 0 fully saturated rings. The van der Waals surface area contributed by atoms with Crippen LogP contribution in [0.1, 0.15) is 29.3 Å². The van der Waals surface area contributed by atoms with Crippen molar-refractivity contribution in [3.05, 3.63) is 63.1 Å². The summed E-state index contributed by atoms with van der Waals surface area (Å²) in [6.45, 7) is 2.62. The van der Waals surface area contributed by atoms with Crippen molar-refractivity contribution < 1.29 is 9.53 Å². The van der Waals surface area contributed by atoms with E-state index in [1.54, 1.807) is 24.3 Å². The maximum absolute atomic E-state index is 12.6. The lowest BCUT2D eigenvalue weighted by Crippen LogP contribution is -2.06. The zero-order chi connectivity index (χ0) is 14.5. The average Bonchev–Trinajstić information content (AvgIpc) is 2.45. The Morgan fingerprint density at radius 2 is 1.95 bits per heavy atom. The van der Waals surface area contributed by atoms with Crippen LogP contribution in [0.3, 0.4) is 0 Å². The molecule has 0 radical (unpaired) electrons. The number of benzene rings is 2. The third kappa shape index (κ3) is 3.41. The van der Waals surface area contributed by atoms with Gasteiger partial charge in [-0.25, -0.2) is 0 Å². The summed E-state index contributed by atoms with van der Waals surface area (Å²) in [4.78, 5) is 12.6. The Labute approximate surface area is 131 Å². The lowest BCUT2D eigenvalue weighted by atomic mass is 10.0. The second kappa shape index (κ2) is 6.91. The van der Waals surface area contributed by atoms with Gasteiger partial charge in [0, 0.05) is 15.1 Å². The molecule has 0 atom stereocenters. The number of ether oxygens (including phenoxy) is 1. The Kier molecular flexibility index (Phi) is 5.21. The monoisotopic (exact) mass is 352 g/mol. The molecule has 0 saturated heterocycles. The van der Waals surface area contributed by atoms with E-state index in [9.17, 15) is 4.79 Å². The molecule has 0 unspecified atom stereocenters. The highest BCUT2D eigenvalue weighted by molar-refractivity contribution is 9.10. The van der Waals surface area contributed by atoms with Crippen LogP contribution in [-0.2, 0) is 0 Å². The molecule has 0 aliphatic heterocycles. The van der Waals surface area contributed by atoms with Gasteiger partial charge in [-0.3, -0.25) is 4.79 Å². The molecule has 2 nitrogen and oxygen atoms in total. The van der Waals surface area contributed by atoms with E-state index in [1.807, 2.05) is 25.1 Å². The Morgan fingerprint density at radius 3 is 2.65 bits per heavy atom. The third-order valence-corrected chi connectivity index (χ3v) is 3.66. The SMILES string of the molecule is CCCOc1ccccc1C(=O)c1ccc(Cl)cc1Br. The van der Waals surface area contributed by atoms with E-state index < -0.39 is 0 Å². The second-order valence-electron chi connectivity index (χ2n) is 4.30. The molecule has 20 heavy (non-hydrogen) atoms. The van der Waals surface area contributed by atoms with Gasteiger partial charge in [-0.15, -0.1) is 0 Å². The minimum absolute atomic E-state index is 0.0831. The molecule has 0 aliphatic carbocycles. The topological polar surface area (TPSA) is 26.3 Å². The van der Waals surface area contributed by atoms with Crippen LogP contribution in [0.15, 0.2) is 46.9 Å². The maximum atomic E-state index is 12.6. The molecule has 2 rings (SSSR count). The molecule has 0 heterocycles. The van der Waals surface area contributed by atoms with Gasteiger partial charge in [0.05, 0.1) is 12.2 Å². The van der Waals surface area contributed by atoms with Crippen molar-refractivity contribution in [2.24, 2.45) is 0 Å². The molecular weight excluding hydrogens is 340 g/mol. The first-order valence-electron chi connectivity index (χ1n) is 6.35. The smallest absolute Gasteiger partial charge is 0.197 e. The number of halogens is 2. The van der Waals surface area contributed by atoms with Crippen LogP contribution in [0.5, 0.6) is 5.75 Å². The Bertz CT molecular complexity index is 626. The fourth-order valence-electron chi connectivity index (χ4n) is 1.81. The predicted molar refractivity (Wildman–Crippen MR) is 84.8 cm³/mol. The van der Waals surface area contributed by atoms with Crippen molar-refractivity contribution in [3.8, 4) is 5.75 Å². The van der Waals surface area contributed by atoms with Crippen molar-refractivity contribution in [2.45, 2.75) is 13.3 Å². The molecule has 2 aromatic rings. The number of hydrogen-bond acceptors (Lipinski definition) is 2. The molecule has 0 spiro atoms. The molecule has 0 bridgehead atoms. The molecule has 104 valence electrons. The highest BCUT2D eigenvalue weighted by Crippen LogP contribution is 2.27. The molecule has 0 aromatic heterocycles. The van der Waals surface area contributed by atoms with Crippen LogP contribution in [0, 0.1) is 0 Å². The summed E-state index contributed by atoms with van der Waals surface area (Å²) in [6.07, 6.45) is 0.896. The molecular formula is C16H14BrClO2. The van der Waals surface area contributed by atoms with E-state index in [2.05, 4.69) is 15.9 Å². The fraction of sp³-hybridized carbons (Fsp3) is 0.188. The summed E-state index contributed by atoms with van der Waals surface area (Å²) in [5.74, 6) is 0.529. The van der Waals surface area contributed by atoms with Crippen LogP contribution >= 0.6 is 27.5 Å². The standard InChI is InChI=1S/C16H14BrClO2/c1-2-9-20-15-6-4-3-5-13(15)16(19)12-8-7-11(18)10-14(12)17/h3-8,10H,2,9H2,1H3. The first kappa shape index (κ1) is 15.1. The molecule has 0 N–H and O–H groups in total. The van der Waals surface area contributed by atoms with E-state index in [0.29, 0.717) is 33.0 Å². The highest BCUT2D eigenvalue weighted by Gasteiger charge is 2.16. The number of para-hydroxylation sites is 1. The lowest BCUT2D eigenvalue weighted by molar-refractivity contribution is 0.103. The van der Waals surface area contributed by atoms with Crippen LogP contribution in [-0.4, -0.2) is 12.4 Å². The van der Waals surface area contributed by atoms with Crippen LogP contribution in [0.25, 0.3) is 0 Å². The van der Waals surface area contributed by atoms with Gasteiger partial charge in [0.15, 0.2) is 5.78 Å². The van der Waals surface area contributed by atoms with E-state index in [0.717, 1.165) is 6.42 Å². The summed E-state index contributed by atoms with van der Waals surface area (Å²) in [6, 6.07) is 12.4. The molecule has 0 aliphatic rings. The summed E-state index contributed by atoms with van der Waals surface area (Å²) >= 11 is 9.28. The summed E-state index contributed by atoms with van der Waals surface area (Å²) < 4.78 is 6.31. The largest absolute Gasteiger partial charge is 0.493 e. The Morgan fingerprint density at radius 1 is 1.20 bits per heavy atom. The summed E-state index contributed by atoms with van der Waals surface area (Å²) in [7, 11) is 0. The van der Waals surface area contributed by atoms with Gasteiger partial charge in [-0.1, -0.05) is 30.7 Å². The van der Waals surface area contributed by atoms with E-state index in [-0.39, 0.29) is 5.78 Å². The van der Waals surface area contributed by atoms with Crippen molar-refractivity contribution in [2.75, 3.05) is 6.61 Å². The van der Waals surface area contributed by atoms with Crippen molar-refractivity contribution in [1.29, 1.82) is 0 Å². The lowest BCUT2D eigenvalue weighted by Gasteiger charge is -2.11. The molecule has 2 aromatic carbocycles. The van der Waals surface area contributed by atoms with Crippen LogP contribution < -0.4 is 4.74 Å². The predicted octanol–water partition coefficient (Wildman–Crippen LogP) is 5.12. The van der Waals surface area contributed by atoms with E-state index >= 15 is 0 Å². The van der Waals surface area contributed by atoms with Gasteiger partial charge in [0.25, 0.3) is 0 Å². The van der Waals surface area contributed by atoms with Gasteiger partial charge < -0.3 is 4.74 Å². The molecule has 4 heteroatoms. The van der Waals surface area contributed by atoms with Gasteiger partial charge in [-0.2, -0.15) is 0 Å². The summed E-state index contributed by atoms with van der Waals surface area (Å²) in [5.41, 5.74) is 1.13. The van der Waals surface area contributed by atoms with Gasteiger partial charge in [-0.05, 0) is 52.7 Å². The zero-order valence-electron chi connectivity index (χ0n) is 11.0. The minimum atomic E-state index is -0.0831. The van der Waals surface area contributed by atoms with Crippen LogP contribution in [0.2, 0.25) is 5.02 Å². The summed E-state index contributed by atoms with van der Waals surface area (Å²) in [5, 5.41) is 0.587. The normalized spacial score (nSPS) is 10.3. The number of carbonyl (C=O) groups excluding carboxylic acids is 1. The average molecular weight is 354 g/mol. The van der Waals surface area contributed by atoms with Crippen molar-refractivity contribution >= 4 is 33.3 Å². The number of ketones is 1. The zero-order valence-corrected chi connectivity index (χ0v) is 13.4. The van der Waals surface area contributed by atoms with Gasteiger partial charge in [0.1, 0.15) is 5.75 Å². The first-order chi connectivity index (χ1) is 9.63. The minimum Gasteiger partial charge on any atom is -0.493 e. The van der Waals surface area contributed by atoms with Gasteiger partial charge >= 0.3 is 0 Å². The van der Waals surface area contributed by atoms with Gasteiger partial charge in [0.2, 0.25) is 0 Å². The quantitative estimate of drug-likeness (QED) is 0.697. The Balaban J connectivity index is 2.38. The highest BCUT2D eigenvalue weighted by atomic mass is 79.9. The van der Waals surface area contributed by atoms with E-state index in [4.69, 9.17) is 16.3 Å². The maximum Gasteiger partial charge on any atom is 0.197 e. The van der Waals surface area contributed by atoms with Crippen molar-refractivity contribution in [3.63, 3.8) is 0 Å². The fourth-order valence-corrected chi connectivity index (χ4v) is 2.67. The van der Waals surface area contributed by atoms with Crippen LogP contribution in [0.4, 0.5) is 0 Å².